The van der Waals surface area contributed by atoms with Gasteiger partial charge in [-0.3, -0.25) is 4.90 Å². The van der Waals surface area contributed by atoms with Gasteiger partial charge in [0.2, 0.25) is 0 Å². The van der Waals surface area contributed by atoms with Gasteiger partial charge >= 0.3 is 5.97 Å². The van der Waals surface area contributed by atoms with Gasteiger partial charge in [-0.25, -0.2) is 4.79 Å². The average molecular weight is 346 g/mol. The van der Waals surface area contributed by atoms with E-state index in [1.165, 1.54) is 6.42 Å². The maximum atomic E-state index is 12.6. The lowest BCUT2D eigenvalue weighted by Crippen LogP contribution is -2.39. The first kappa shape index (κ1) is 19.3. The number of carbonyl (C=O) groups excluding carboxylic acids is 1. The van der Waals surface area contributed by atoms with Crippen LogP contribution in [0.5, 0.6) is 0 Å². The van der Waals surface area contributed by atoms with E-state index in [2.05, 4.69) is 4.90 Å². The molecule has 1 heterocycles. The van der Waals surface area contributed by atoms with Crippen LogP contribution in [0.3, 0.4) is 0 Å². The first-order valence-corrected chi connectivity index (χ1v) is 8.20. The third-order valence-corrected chi connectivity index (χ3v) is 4.42. The normalized spacial score (nSPS) is 18.1. The summed E-state index contributed by atoms with van der Waals surface area (Å²) in [4.78, 5) is 14.8. The van der Waals surface area contributed by atoms with Crippen LogP contribution in [0.1, 0.15) is 51.1 Å². The second-order valence-electron chi connectivity index (χ2n) is 5.68. The van der Waals surface area contributed by atoms with Crippen molar-refractivity contribution in [2.45, 2.75) is 51.7 Å². The van der Waals surface area contributed by atoms with Crippen molar-refractivity contribution in [1.29, 1.82) is 0 Å². The molecule has 5 heteroatoms. The summed E-state index contributed by atoms with van der Waals surface area (Å²) in [5.41, 5.74) is 0.856. The maximum Gasteiger partial charge on any atom is 0.328 e. The number of benzene rings is 1. The van der Waals surface area contributed by atoms with E-state index in [1.807, 2.05) is 38.1 Å². The third-order valence-electron chi connectivity index (χ3n) is 4.07. The van der Waals surface area contributed by atoms with Crippen molar-refractivity contribution < 1.29 is 9.53 Å². The summed E-state index contributed by atoms with van der Waals surface area (Å²) < 4.78 is 5.59. The fourth-order valence-corrected chi connectivity index (χ4v) is 2.93. The molecule has 0 spiro atoms. The average Bonchev–Trinajstić information content (AvgIpc) is 2.50. The zero-order chi connectivity index (χ0) is 15.2. The number of nitrogens with zero attached hydrogens (tertiary/aromatic N) is 1. The second-order valence-corrected chi connectivity index (χ2v) is 6.08. The van der Waals surface area contributed by atoms with Crippen LogP contribution in [0.25, 0.3) is 0 Å². The van der Waals surface area contributed by atoms with Crippen molar-refractivity contribution in [2.75, 3.05) is 13.1 Å². The predicted octanol–water partition coefficient (Wildman–Crippen LogP) is 4.63. The number of piperidine rings is 1. The number of hydrogen-bond acceptors (Lipinski definition) is 3. The molecule has 1 fully saturated rings. The van der Waals surface area contributed by atoms with Gasteiger partial charge in [0, 0.05) is 5.02 Å². The van der Waals surface area contributed by atoms with E-state index < -0.39 is 0 Å². The molecular weight excluding hydrogens is 321 g/mol. The molecule has 2 rings (SSSR count). The summed E-state index contributed by atoms with van der Waals surface area (Å²) in [5.74, 6) is -0.181. The lowest BCUT2D eigenvalue weighted by molar-refractivity contribution is -0.155. The van der Waals surface area contributed by atoms with Crippen LogP contribution in [-0.2, 0) is 9.53 Å². The minimum atomic E-state index is -0.381. The molecule has 1 saturated heterocycles. The lowest BCUT2D eigenvalue weighted by atomic mass is 10.0. The Labute approximate surface area is 144 Å². The summed E-state index contributed by atoms with van der Waals surface area (Å²) >= 11 is 6.32. The summed E-state index contributed by atoms with van der Waals surface area (Å²) in [5, 5.41) is 0.633. The first-order chi connectivity index (χ1) is 10.1. The largest absolute Gasteiger partial charge is 0.461 e. The van der Waals surface area contributed by atoms with Crippen molar-refractivity contribution in [3.8, 4) is 0 Å². The number of halogens is 2. The number of carbonyl (C=O) groups is 1. The van der Waals surface area contributed by atoms with E-state index in [0.29, 0.717) is 5.02 Å². The van der Waals surface area contributed by atoms with Gasteiger partial charge in [-0.1, -0.05) is 43.1 Å². The van der Waals surface area contributed by atoms with Crippen LogP contribution in [0.15, 0.2) is 24.3 Å². The minimum absolute atomic E-state index is 0. The summed E-state index contributed by atoms with van der Waals surface area (Å²) in [6.07, 6.45) is 4.23. The van der Waals surface area contributed by atoms with E-state index in [-0.39, 0.29) is 30.5 Å². The number of likely N-dealkylation sites (tertiary alicyclic amines) is 1. The second kappa shape index (κ2) is 9.39. The summed E-state index contributed by atoms with van der Waals surface area (Å²) in [6.45, 7) is 5.79. The third kappa shape index (κ3) is 4.87. The number of ether oxygens (including phenoxy) is 1. The van der Waals surface area contributed by atoms with Gasteiger partial charge < -0.3 is 4.74 Å². The fraction of sp³-hybridized carbons (Fsp3) is 0.588. The predicted molar refractivity (Wildman–Crippen MR) is 92.7 cm³/mol. The van der Waals surface area contributed by atoms with Crippen molar-refractivity contribution in [1.82, 2.24) is 4.90 Å². The van der Waals surface area contributed by atoms with Gasteiger partial charge in [0.15, 0.2) is 0 Å². The number of esters is 1. The molecule has 1 aromatic rings. The number of hydrogen-bond donors (Lipinski definition) is 0. The molecule has 0 bridgehead atoms. The van der Waals surface area contributed by atoms with Crippen molar-refractivity contribution in [3.05, 3.63) is 34.9 Å². The number of rotatable bonds is 5. The van der Waals surface area contributed by atoms with Crippen LogP contribution >= 0.6 is 24.0 Å². The van der Waals surface area contributed by atoms with Crippen LogP contribution < -0.4 is 0 Å². The molecule has 0 aliphatic carbocycles. The van der Waals surface area contributed by atoms with Gasteiger partial charge in [0.05, 0.1) is 6.10 Å². The standard InChI is InChI=1S/C17H24ClNO2.ClH/c1-3-13(2)21-17(20)16(19-11-7-4-8-12-19)14-9-5-6-10-15(14)18;/h5-6,9-10,13,16H,3-4,7-8,11-12H2,1-2H3;1H. The Kier molecular flexibility index (Phi) is 8.23. The summed E-state index contributed by atoms with van der Waals surface area (Å²) in [6, 6.07) is 7.20. The SMILES string of the molecule is CCC(C)OC(=O)C(c1ccccc1Cl)N1CCCCC1.Cl. The Bertz CT molecular complexity index is 475. The van der Waals surface area contributed by atoms with E-state index in [9.17, 15) is 4.79 Å². The molecule has 124 valence electrons. The lowest BCUT2D eigenvalue weighted by Gasteiger charge is -2.34. The van der Waals surface area contributed by atoms with Crippen LogP contribution in [-0.4, -0.2) is 30.1 Å². The summed E-state index contributed by atoms with van der Waals surface area (Å²) in [7, 11) is 0. The van der Waals surface area contributed by atoms with E-state index in [0.717, 1.165) is 37.9 Å². The quantitative estimate of drug-likeness (QED) is 0.728. The zero-order valence-electron chi connectivity index (χ0n) is 13.3. The smallest absolute Gasteiger partial charge is 0.328 e. The molecule has 3 nitrogen and oxygen atoms in total. The highest BCUT2D eigenvalue weighted by molar-refractivity contribution is 6.31. The molecule has 2 atom stereocenters. The highest BCUT2D eigenvalue weighted by Gasteiger charge is 2.32. The Balaban J connectivity index is 0.00000242. The maximum absolute atomic E-state index is 12.6. The molecule has 2 unspecified atom stereocenters. The molecule has 22 heavy (non-hydrogen) atoms. The molecular formula is C17H25Cl2NO2. The van der Waals surface area contributed by atoms with Gasteiger partial charge in [-0.15, -0.1) is 12.4 Å². The molecule has 1 aliphatic rings. The van der Waals surface area contributed by atoms with E-state index >= 15 is 0 Å². The van der Waals surface area contributed by atoms with Gasteiger partial charge in [-0.2, -0.15) is 0 Å². The Morgan fingerprint density at radius 1 is 1.27 bits per heavy atom. The van der Waals surface area contributed by atoms with Crippen molar-refractivity contribution >= 4 is 30.0 Å². The molecule has 0 radical (unpaired) electrons. The molecule has 0 N–H and O–H groups in total. The van der Waals surface area contributed by atoms with Gasteiger partial charge in [-0.05, 0) is 50.9 Å². The minimum Gasteiger partial charge on any atom is -0.461 e. The van der Waals surface area contributed by atoms with E-state index in [1.54, 1.807) is 0 Å². The molecule has 0 saturated carbocycles. The Morgan fingerprint density at radius 2 is 1.91 bits per heavy atom. The molecule has 1 aromatic carbocycles. The van der Waals surface area contributed by atoms with E-state index in [4.69, 9.17) is 16.3 Å². The van der Waals surface area contributed by atoms with Crippen LogP contribution in [0.4, 0.5) is 0 Å². The highest BCUT2D eigenvalue weighted by atomic mass is 35.5. The van der Waals surface area contributed by atoms with Crippen LogP contribution in [0.2, 0.25) is 5.02 Å². The topological polar surface area (TPSA) is 29.5 Å². The fourth-order valence-electron chi connectivity index (χ4n) is 2.69. The zero-order valence-corrected chi connectivity index (χ0v) is 14.8. The monoisotopic (exact) mass is 345 g/mol. The van der Waals surface area contributed by atoms with Crippen LogP contribution in [0, 0.1) is 0 Å². The first-order valence-electron chi connectivity index (χ1n) is 7.82. The van der Waals surface area contributed by atoms with Gasteiger partial charge in [0.1, 0.15) is 6.04 Å². The molecule has 0 aromatic heterocycles. The molecule has 0 amide bonds. The Morgan fingerprint density at radius 3 is 2.50 bits per heavy atom. The molecule has 1 aliphatic heterocycles. The van der Waals surface area contributed by atoms with Crippen molar-refractivity contribution in [2.24, 2.45) is 0 Å². The highest BCUT2D eigenvalue weighted by Crippen LogP contribution is 2.31. The van der Waals surface area contributed by atoms with Gasteiger partial charge in [0.25, 0.3) is 0 Å². The Hall–Kier alpha value is -0.770. The van der Waals surface area contributed by atoms with Crippen molar-refractivity contribution in [3.63, 3.8) is 0 Å².